The highest BCUT2D eigenvalue weighted by Crippen LogP contribution is 2.31. The monoisotopic (exact) mass is 512 g/mol. The lowest BCUT2D eigenvalue weighted by Gasteiger charge is -2.29. The zero-order valence-electron chi connectivity index (χ0n) is 19.9. The highest BCUT2D eigenvalue weighted by atomic mass is 35.5. The summed E-state index contributed by atoms with van der Waals surface area (Å²) in [7, 11) is 0. The Bertz CT molecular complexity index is 1290. The molecule has 0 unspecified atom stereocenters. The molecule has 1 fully saturated rings. The van der Waals surface area contributed by atoms with Crippen molar-refractivity contribution < 1.29 is 14.1 Å². The quantitative estimate of drug-likeness (QED) is 0.325. The molecule has 2 amide bonds. The Morgan fingerprint density at radius 2 is 1.97 bits per heavy atom. The molecule has 4 heterocycles. The van der Waals surface area contributed by atoms with Crippen molar-refractivity contribution in [3.8, 4) is 10.6 Å². The largest absolute Gasteiger partial charge is 0.355 e. The molecule has 7 nitrogen and oxygen atoms in total. The second kappa shape index (κ2) is 11.6. The molecule has 0 saturated carbocycles. The maximum Gasteiger partial charge on any atom is 0.268 e. The van der Waals surface area contributed by atoms with Crippen LogP contribution < -0.4 is 5.32 Å². The van der Waals surface area contributed by atoms with E-state index in [0.29, 0.717) is 41.8 Å². The van der Waals surface area contributed by atoms with E-state index >= 15 is 0 Å². The van der Waals surface area contributed by atoms with E-state index < -0.39 is 0 Å². The van der Waals surface area contributed by atoms with Crippen LogP contribution in [0, 0.1) is 0 Å². The lowest BCUT2D eigenvalue weighted by molar-refractivity contribution is -0.119. The van der Waals surface area contributed by atoms with Gasteiger partial charge in [-0.2, -0.15) is 0 Å². The first-order chi connectivity index (χ1) is 17.1. The Labute approximate surface area is 213 Å². The van der Waals surface area contributed by atoms with E-state index in [0.717, 1.165) is 40.7 Å². The van der Waals surface area contributed by atoms with Gasteiger partial charge in [0.2, 0.25) is 6.41 Å². The number of amides is 2. The normalized spacial score (nSPS) is 14.0. The third-order valence-electron chi connectivity index (χ3n) is 6.02. The summed E-state index contributed by atoms with van der Waals surface area (Å²) in [5.41, 5.74) is 2.45. The van der Waals surface area contributed by atoms with Crippen molar-refractivity contribution in [3.63, 3.8) is 0 Å². The smallest absolute Gasteiger partial charge is 0.268 e. The fourth-order valence-corrected chi connectivity index (χ4v) is 5.26. The molecule has 1 aliphatic heterocycles. The van der Waals surface area contributed by atoms with Gasteiger partial charge in [0.05, 0.1) is 14.9 Å². The molecule has 184 valence electrons. The summed E-state index contributed by atoms with van der Waals surface area (Å²) in [6, 6.07) is 15.7. The number of nitrogens with zero attached hydrogens (tertiary/aromatic N) is 3. The second-order valence-corrected chi connectivity index (χ2v) is 9.88. The molecule has 1 saturated heterocycles. The zero-order valence-corrected chi connectivity index (χ0v) is 21.4. The number of benzene rings is 1. The van der Waals surface area contributed by atoms with Gasteiger partial charge in [-0.1, -0.05) is 48.8 Å². The average Bonchev–Trinajstić information content (AvgIpc) is 3.62. The van der Waals surface area contributed by atoms with Crippen LogP contribution in [-0.4, -0.2) is 46.1 Å². The number of para-hydroxylation sites is 1. The van der Waals surface area contributed by atoms with Crippen molar-refractivity contribution >= 4 is 46.2 Å². The number of carbonyl (C=O) groups is 2. The van der Waals surface area contributed by atoms with E-state index in [1.807, 2.05) is 66.9 Å². The first-order valence-corrected chi connectivity index (χ1v) is 13.1. The number of halogens is 1. The van der Waals surface area contributed by atoms with Crippen LogP contribution in [0.4, 0.5) is 0 Å². The van der Waals surface area contributed by atoms with Crippen LogP contribution in [0.5, 0.6) is 0 Å². The van der Waals surface area contributed by atoms with Crippen LogP contribution in [0.3, 0.4) is 0 Å². The van der Waals surface area contributed by atoms with Crippen molar-refractivity contribution in [2.75, 3.05) is 13.1 Å². The van der Waals surface area contributed by atoms with E-state index in [1.165, 1.54) is 11.3 Å². The lowest BCUT2D eigenvalue weighted by Crippen LogP contribution is -2.44. The van der Waals surface area contributed by atoms with Gasteiger partial charge in [-0.25, -0.2) is 0 Å². The molecule has 35 heavy (non-hydrogen) atoms. The first-order valence-electron chi connectivity index (χ1n) is 11.9. The molecular weight excluding hydrogens is 484 g/mol. The number of nitrogens with one attached hydrogen (secondary N) is 1. The molecular formula is C26H29ClN4O3S. The number of hydrogen-bond acceptors (Lipinski definition) is 5. The topological polar surface area (TPSA) is 80.4 Å². The van der Waals surface area contributed by atoms with Crippen LogP contribution in [0.2, 0.25) is 4.34 Å². The van der Waals surface area contributed by atoms with Crippen LogP contribution in [0.15, 0.2) is 53.1 Å². The molecule has 1 N–H and O–H groups in total. The molecule has 0 aliphatic carbocycles. The summed E-state index contributed by atoms with van der Waals surface area (Å²) in [4.78, 5) is 26.8. The molecule has 0 radical (unpaired) electrons. The van der Waals surface area contributed by atoms with Crippen molar-refractivity contribution in [1.29, 1.82) is 0 Å². The van der Waals surface area contributed by atoms with Gasteiger partial charge in [0.1, 0.15) is 5.69 Å². The summed E-state index contributed by atoms with van der Waals surface area (Å²) in [6.45, 7) is 5.93. The fraction of sp³-hybridized carbons (Fsp3) is 0.346. The molecule has 4 aromatic rings. The van der Waals surface area contributed by atoms with Gasteiger partial charge in [-0.05, 0) is 37.1 Å². The maximum atomic E-state index is 13.2. The van der Waals surface area contributed by atoms with Gasteiger partial charge >= 0.3 is 0 Å². The van der Waals surface area contributed by atoms with E-state index in [-0.39, 0.29) is 11.9 Å². The van der Waals surface area contributed by atoms with Crippen LogP contribution in [-0.2, 0) is 17.8 Å². The van der Waals surface area contributed by atoms with Crippen molar-refractivity contribution in [2.45, 2.75) is 45.7 Å². The molecule has 0 spiro atoms. The summed E-state index contributed by atoms with van der Waals surface area (Å²) in [5.74, 6) is 0.601. The third kappa shape index (κ3) is 5.77. The van der Waals surface area contributed by atoms with Gasteiger partial charge in [0.15, 0.2) is 5.76 Å². The molecule has 5 rings (SSSR count). The Morgan fingerprint density at radius 3 is 2.69 bits per heavy atom. The molecule has 1 aliphatic rings. The van der Waals surface area contributed by atoms with Gasteiger partial charge < -0.3 is 19.3 Å². The van der Waals surface area contributed by atoms with Crippen LogP contribution in [0.25, 0.3) is 21.5 Å². The predicted molar refractivity (Wildman–Crippen MR) is 140 cm³/mol. The number of likely N-dealkylation sites (tertiary alicyclic amines) is 1. The molecule has 3 aromatic heterocycles. The fourth-order valence-electron chi connectivity index (χ4n) is 4.27. The highest BCUT2D eigenvalue weighted by Gasteiger charge is 2.23. The van der Waals surface area contributed by atoms with Crippen LogP contribution in [0.1, 0.15) is 42.9 Å². The van der Waals surface area contributed by atoms with Gasteiger partial charge in [0.25, 0.3) is 5.91 Å². The number of rotatable bonds is 7. The Hall–Kier alpha value is -3.10. The summed E-state index contributed by atoms with van der Waals surface area (Å²) in [5, 5.41) is 8.39. The minimum atomic E-state index is -0.0928. The number of piperidine rings is 1. The number of fused-ring (bicyclic) bond motifs is 1. The minimum Gasteiger partial charge on any atom is -0.355 e. The number of aryl methyl sites for hydroxylation is 2. The summed E-state index contributed by atoms with van der Waals surface area (Å²) < 4.78 is 8.25. The minimum absolute atomic E-state index is 0.0656. The predicted octanol–water partition coefficient (Wildman–Crippen LogP) is 5.63. The SMILES string of the molecule is CC.O=CN1CCC(NC(=O)c2cc3ccccc3n2CCc2cc(-c3ccc(Cl)s3)on2)CC1. The van der Waals surface area contributed by atoms with Gasteiger partial charge in [0, 0.05) is 49.1 Å². The van der Waals surface area contributed by atoms with Gasteiger partial charge in [-0.15, -0.1) is 11.3 Å². The number of hydrogen-bond donors (Lipinski definition) is 1. The van der Waals surface area contributed by atoms with Crippen LogP contribution >= 0.6 is 22.9 Å². The lowest BCUT2D eigenvalue weighted by atomic mass is 10.1. The van der Waals surface area contributed by atoms with Crippen molar-refractivity contribution in [3.05, 3.63) is 64.3 Å². The van der Waals surface area contributed by atoms with E-state index in [1.54, 1.807) is 4.90 Å². The number of carbonyl (C=O) groups excluding carboxylic acids is 2. The molecule has 0 bridgehead atoms. The highest BCUT2D eigenvalue weighted by molar-refractivity contribution is 7.19. The third-order valence-corrected chi connectivity index (χ3v) is 7.27. The Balaban J connectivity index is 0.00000141. The van der Waals surface area contributed by atoms with E-state index in [2.05, 4.69) is 10.5 Å². The first kappa shape index (κ1) is 25.0. The number of thiophene rings is 1. The van der Waals surface area contributed by atoms with E-state index in [4.69, 9.17) is 16.1 Å². The van der Waals surface area contributed by atoms with Crippen molar-refractivity contribution in [2.24, 2.45) is 0 Å². The number of aromatic nitrogens is 2. The summed E-state index contributed by atoms with van der Waals surface area (Å²) >= 11 is 7.48. The molecule has 0 atom stereocenters. The second-order valence-electron chi connectivity index (χ2n) is 8.17. The van der Waals surface area contributed by atoms with Crippen molar-refractivity contribution in [1.82, 2.24) is 19.9 Å². The zero-order chi connectivity index (χ0) is 24.8. The standard InChI is InChI=1S/C24H23ClN4O3S.C2H6/c25-23-6-5-22(33-23)21-14-18(27-32-21)9-12-29-19-4-2-1-3-16(19)13-20(29)24(31)26-17-7-10-28(15-30)11-8-17;1-2/h1-6,13-15,17H,7-12H2,(H,26,31);1-2H3. The molecule has 1 aromatic carbocycles. The Kier molecular flexibility index (Phi) is 8.25. The Morgan fingerprint density at radius 1 is 1.20 bits per heavy atom. The van der Waals surface area contributed by atoms with E-state index in [9.17, 15) is 9.59 Å². The maximum absolute atomic E-state index is 13.2. The average molecular weight is 513 g/mol. The summed E-state index contributed by atoms with van der Waals surface area (Å²) in [6.07, 6.45) is 3.02. The molecule has 9 heteroatoms. The van der Waals surface area contributed by atoms with Gasteiger partial charge in [-0.3, -0.25) is 9.59 Å².